The number of fused-ring (bicyclic) bond motifs is 2. The summed E-state index contributed by atoms with van der Waals surface area (Å²) in [4.78, 5) is 45.9. The van der Waals surface area contributed by atoms with Crippen molar-refractivity contribution in [3.05, 3.63) is 29.3 Å². The maximum absolute atomic E-state index is 13.2. The molecule has 19 heteroatoms. The third-order valence-electron chi connectivity index (χ3n) is 9.58. The topological polar surface area (TPSA) is 265 Å². The van der Waals surface area contributed by atoms with Crippen molar-refractivity contribution in [2.24, 2.45) is 23.2 Å². The van der Waals surface area contributed by atoms with Crippen molar-refractivity contribution in [3.8, 4) is 0 Å². The lowest BCUT2D eigenvalue weighted by Gasteiger charge is -2.45. The van der Waals surface area contributed by atoms with Gasteiger partial charge >= 0.3 is 7.82 Å². The summed E-state index contributed by atoms with van der Waals surface area (Å²) in [5.41, 5.74) is 10.5. The molecule has 2 saturated heterocycles. The molecule has 0 aromatic carbocycles. The van der Waals surface area contributed by atoms with E-state index in [1.165, 1.54) is 6.33 Å². The normalized spacial score (nSPS) is 39.9. The van der Waals surface area contributed by atoms with Crippen molar-refractivity contribution in [3.63, 3.8) is 0 Å². The fraction of sp³-hybridized carbons (Fsp3) is 0.565. The Morgan fingerprint density at radius 1 is 1.17 bits per heavy atom. The van der Waals surface area contributed by atoms with Gasteiger partial charge in [-0.2, -0.15) is 4.98 Å². The van der Waals surface area contributed by atoms with Crippen molar-refractivity contribution < 1.29 is 33.5 Å². The molecule has 42 heavy (non-hydrogen) atoms. The molecule has 6 heterocycles. The molecule has 2 aliphatic carbocycles. The Kier molecular flexibility index (Phi) is 5.17. The van der Waals surface area contributed by atoms with Crippen molar-refractivity contribution in [1.29, 1.82) is 0 Å². The summed E-state index contributed by atoms with van der Waals surface area (Å²) in [6.45, 7) is 1.53. The number of aromatic amines is 1. The van der Waals surface area contributed by atoms with Crippen LogP contribution < -0.4 is 17.0 Å². The van der Waals surface area contributed by atoms with E-state index in [9.17, 15) is 24.5 Å². The number of anilines is 2. The molecule has 7 unspecified atom stereocenters. The highest BCUT2D eigenvalue weighted by Crippen LogP contribution is 2.88. The number of nitrogens with two attached hydrogens (primary N) is 2. The van der Waals surface area contributed by atoms with Crippen LogP contribution in [-0.4, -0.2) is 78.6 Å². The SMILES string of the molecule is CC1CC23CC4C2[C@@]3(COP(=O)(O)OC([C@@H](O)n2cnc3c(=O)[nH]c(N)nc32)C1O)O[C@H]4n1cnc2c(N)ncnc21. The first-order valence-electron chi connectivity index (χ1n) is 13.3. The summed E-state index contributed by atoms with van der Waals surface area (Å²) in [7, 11) is -4.87. The van der Waals surface area contributed by atoms with Gasteiger partial charge in [0.25, 0.3) is 5.56 Å². The van der Waals surface area contributed by atoms with Gasteiger partial charge in [-0.1, -0.05) is 6.92 Å². The van der Waals surface area contributed by atoms with Gasteiger partial charge in [-0.25, -0.2) is 24.5 Å². The van der Waals surface area contributed by atoms with E-state index >= 15 is 0 Å². The van der Waals surface area contributed by atoms with E-state index in [1.807, 2.05) is 0 Å². The summed E-state index contributed by atoms with van der Waals surface area (Å²) in [5, 5.41) is 22.7. The Morgan fingerprint density at radius 2 is 1.95 bits per heavy atom. The van der Waals surface area contributed by atoms with Crippen LogP contribution in [0.1, 0.15) is 32.2 Å². The molecule has 18 nitrogen and oxygen atoms in total. The third-order valence-corrected chi connectivity index (χ3v) is 10.5. The highest BCUT2D eigenvalue weighted by atomic mass is 31.2. The quantitative estimate of drug-likeness (QED) is 0.160. The van der Waals surface area contributed by atoms with Gasteiger partial charge in [0.1, 0.15) is 29.8 Å². The number of phosphoric ester groups is 1. The van der Waals surface area contributed by atoms with Gasteiger partial charge in [0, 0.05) is 17.3 Å². The van der Waals surface area contributed by atoms with Gasteiger partial charge in [0.2, 0.25) is 5.95 Å². The average Bonchev–Trinajstić information content (AvgIpc) is 3.45. The van der Waals surface area contributed by atoms with Crippen LogP contribution in [0.15, 0.2) is 23.8 Å². The van der Waals surface area contributed by atoms with Crippen LogP contribution in [0.2, 0.25) is 0 Å². The lowest BCUT2D eigenvalue weighted by atomic mass is 9.68. The molecule has 8 N–H and O–H groups in total. The van der Waals surface area contributed by atoms with Crippen LogP contribution in [-0.2, 0) is 18.3 Å². The minimum atomic E-state index is -4.87. The van der Waals surface area contributed by atoms with E-state index in [1.54, 1.807) is 17.8 Å². The van der Waals surface area contributed by atoms with E-state index < -0.39 is 55.0 Å². The van der Waals surface area contributed by atoms with Crippen LogP contribution in [0.3, 0.4) is 0 Å². The number of nitrogens with one attached hydrogen (secondary N) is 1. The number of ether oxygens (including phenoxy) is 1. The highest BCUT2D eigenvalue weighted by molar-refractivity contribution is 7.47. The molecule has 2 aliphatic heterocycles. The summed E-state index contributed by atoms with van der Waals surface area (Å²) in [6.07, 6.45) is -0.0507. The molecule has 2 spiro atoms. The Labute approximate surface area is 235 Å². The number of phosphoric acid groups is 1. The lowest BCUT2D eigenvalue weighted by molar-refractivity contribution is -0.166. The Hall–Kier alpha value is -3.51. The number of aromatic nitrogens is 8. The minimum absolute atomic E-state index is 0.0146. The molecule has 8 rings (SSSR count). The molecule has 4 fully saturated rings. The number of imidazole rings is 2. The second-order valence-electron chi connectivity index (χ2n) is 11.7. The number of nitrogens with zero attached hydrogens (tertiary/aromatic N) is 7. The van der Waals surface area contributed by atoms with E-state index in [4.69, 9.17) is 25.3 Å². The maximum atomic E-state index is 13.2. The molecular formula is C23H27N10O8P. The second-order valence-corrected chi connectivity index (χ2v) is 13.1. The van der Waals surface area contributed by atoms with E-state index in [0.29, 0.717) is 24.0 Å². The standard InChI is InChI=1S/C23H27N10O8P/c1-8-2-22-3-9-14(22)23(22,40-20(9)33-7-28-10-15(24)26-5-27-16(10)33)4-39-42(37,38)41-13(12(8)34)19(36)32-6-29-11-17(32)30-21(25)31-18(11)35/h5-9,12-14,19-20,34,36H,2-4H2,1H3,(H,37,38)(H2,24,26,27)(H3,25,30,31,35)/t8?,9?,12?,13?,14?,19-,20-,22?,23-/m1/s1. The number of hydrogen-bond donors (Lipinski definition) is 6. The summed E-state index contributed by atoms with van der Waals surface area (Å²) in [6, 6.07) is 0. The summed E-state index contributed by atoms with van der Waals surface area (Å²) >= 11 is 0. The predicted octanol–water partition coefficient (Wildman–Crippen LogP) is -0.579. The smallest absolute Gasteiger partial charge is 0.390 e. The molecule has 10 atom stereocenters. The molecule has 4 aliphatic rings. The molecule has 4 aromatic heterocycles. The zero-order valence-corrected chi connectivity index (χ0v) is 22.9. The Morgan fingerprint density at radius 3 is 2.76 bits per heavy atom. The van der Waals surface area contributed by atoms with Gasteiger partial charge in [-0.15, -0.1) is 0 Å². The maximum Gasteiger partial charge on any atom is 0.472 e. The second kappa shape index (κ2) is 8.31. The number of aliphatic hydroxyl groups excluding tert-OH is 2. The molecule has 0 bridgehead atoms. The minimum Gasteiger partial charge on any atom is -0.390 e. The summed E-state index contributed by atoms with van der Waals surface area (Å²) < 4.78 is 33.6. The zero-order chi connectivity index (χ0) is 29.3. The van der Waals surface area contributed by atoms with Gasteiger partial charge < -0.3 is 31.3 Å². The fourth-order valence-electron chi connectivity index (χ4n) is 7.80. The Bertz CT molecular complexity index is 1880. The van der Waals surface area contributed by atoms with Gasteiger partial charge in [0.05, 0.1) is 25.4 Å². The average molecular weight is 603 g/mol. The molecule has 4 aromatic rings. The first-order chi connectivity index (χ1) is 20.0. The molecule has 222 valence electrons. The van der Waals surface area contributed by atoms with Gasteiger partial charge in [-0.3, -0.25) is 28.0 Å². The predicted molar refractivity (Wildman–Crippen MR) is 141 cm³/mol. The molecule has 2 saturated carbocycles. The first-order valence-corrected chi connectivity index (χ1v) is 14.8. The van der Waals surface area contributed by atoms with Crippen molar-refractivity contribution in [1.82, 2.24) is 39.0 Å². The van der Waals surface area contributed by atoms with Crippen molar-refractivity contribution in [2.75, 3.05) is 18.1 Å². The largest absolute Gasteiger partial charge is 0.472 e. The molecular weight excluding hydrogens is 575 g/mol. The molecule has 0 amide bonds. The van der Waals surface area contributed by atoms with Crippen LogP contribution in [0.25, 0.3) is 22.3 Å². The monoisotopic (exact) mass is 602 g/mol. The number of aliphatic hydroxyl groups is 2. The van der Waals surface area contributed by atoms with Gasteiger partial charge in [0.15, 0.2) is 28.9 Å². The van der Waals surface area contributed by atoms with Crippen LogP contribution in [0, 0.1) is 23.2 Å². The van der Waals surface area contributed by atoms with Crippen LogP contribution in [0.4, 0.5) is 11.8 Å². The molecule has 0 radical (unpaired) electrons. The number of nitrogen functional groups attached to an aromatic ring is 2. The van der Waals surface area contributed by atoms with Crippen molar-refractivity contribution >= 4 is 41.9 Å². The van der Waals surface area contributed by atoms with Crippen LogP contribution in [0.5, 0.6) is 0 Å². The number of hydrogen-bond acceptors (Lipinski definition) is 14. The number of rotatable bonds is 3. The third kappa shape index (κ3) is 3.27. The van der Waals surface area contributed by atoms with Crippen molar-refractivity contribution in [2.45, 2.75) is 50.0 Å². The van der Waals surface area contributed by atoms with E-state index in [0.717, 1.165) is 10.9 Å². The van der Waals surface area contributed by atoms with Crippen LogP contribution >= 0.6 is 7.82 Å². The number of H-pyrrole nitrogens is 1. The zero-order valence-electron chi connectivity index (χ0n) is 22.0. The fourth-order valence-corrected chi connectivity index (χ4v) is 8.76. The summed E-state index contributed by atoms with van der Waals surface area (Å²) in [5.74, 6) is -0.455. The van der Waals surface area contributed by atoms with E-state index in [-0.39, 0.29) is 41.4 Å². The van der Waals surface area contributed by atoms with E-state index in [2.05, 4.69) is 29.9 Å². The Balaban J connectivity index is 1.10. The van der Waals surface area contributed by atoms with Gasteiger partial charge in [-0.05, 0) is 18.8 Å². The highest BCUT2D eigenvalue weighted by Gasteiger charge is 2.91. The first kappa shape index (κ1) is 26.1. The lowest BCUT2D eigenvalue weighted by Crippen LogP contribution is -2.46.